The summed E-state index contributed by atoms with van der Waals surface area (Å²) >= 11 is 0. The van der Waals surface area contributed by atoms with Crippen molar-refractivity contribution < 1.29 is 14.6 Å². The highest BCUT2D eigenvalue weighted by Gasteiger charge is 2.13. The standard InChI is InChI=1S/C17H14N2O3/c20-17-13(12-3-1-2-4-14(12)19-17)9-18-8-11-5-6-15-16(7-11)22-10-21-15/h1-7,9,19-20H,8,10H2. The van der Waals surface area contributed by atoms with Gasteiger partial charge in [0.2, 0.25) is 6.79 Å². The minimum Gasteiger partial charge on any atom is -0.494 e. The van der Waals surface area contributed by atoms with Crippen LogP contribution in [0.5, 0.6) is 17.4 Å². The van der Waals surface area contributed by atoms with Crippen molar-refractivity contribution in [2.24, 2.45) is 4.99 Å². The average Bonchev–Trinajstić information content (AvgIpc) is 3.11. The lowest BCUT2D eigenvalue weighted by Gasteiger charge is -1.99. The van der Waals surface area contributed by atoms with Crippen LogP contribution in [0.15, 0.2) is 47.5 Å². The Kier molecular flexibility index (Phi) is 2.96. The van der Waals surface area contributed by atoms with Crippen LogP contribution in [0, 0.1) is 0 Å². The molecule has 0 fully saturated rings. The molecule has 2 N–H and O–H groups in total. The molecule has 0 unspecified atom stereocenters. The zero-order chi connectivity index (χ0) is 14.9. The molecule has 5 heteroatoms. The van der Waals surface area contributed by atoms with Crippen LogP contribution in [0.2, 0.25) is 0 Å². The Bertz CT molecular complexity index is 867. The lowest BCUT2D eigenvalue weighted by Crippen LogP contribution is -1.92. The molecule has 1 aliphatic heterocycles. The second kappa shape index (κ2) is 5.11. The molecule has 0 saturated heterocycles. The van der Waals surface area contributed by atoms with E-state index in [0.717, 1.165) is 28.0 Å². The number of fused-ring (bicyclic) bond motifs is 2. The van der Waals surface area contributed by atoms with Crippen molar-refractivity contribution >= 4 is 17.1 Å². The number of rotatable bonds is 3. The number of hydrogen-bond donors (Lipinski definition) is 2. The summed E-state index contributed by atoms with van der Waals surface area (Å²) < 4.78 is 10.6. The maximum atomic E-state index is 9.98. The summed E-state index contributed by atoms with van der Waals surface area (Å²) in [6, 6.07) is 13.5. The van der Waals surface area contributed by atoms with E-state index in [1.165, 1.54) is 0 Å². The lowest BCUT2D eigenvalue weighted by molar-refractivity contribution is 0.174. The van der Waals surface area contributed by atoms with Gasteiger partial charge in [-0.1, -0.05) is 24.3 Å². The summed E-state index contributed by atoms with van der Waals surface area (Å²) in [6.45, 7) is 0.779. The van der Waals surface area contributed by atoms with E-state index in [1.54, 1.807) is 6.21 Å². The topological polar surface area (TPSA) is 66.8 Å². The van der Waals surface area contributed by atoms with Crippen LogP contribution >= 0.6 is 0 Å². The zero-order valence-corrected chi connectivity index (χ0v) is 11.7. The second-order valence-electron chi connectivity index (χ2n) is 5.09. The molecule has 2 heterocycles. The maximum Gasteiger partial charge on any atom is 0.231 e. The molecular formula is C17H14N2O3. The van der Waals surface area contributed by atoms with Crippen molar-refractivity contribution in [2.75, 3.05) is 6.79 Å². The number of ether oxygens (including phenoxy) is 2. The van der Waals surface area contributed by atoms with E-state index >= 15 is 0 Å². The molecule has 1 aromatic heterocycles. The normalized spacial score (nSPS) is 13.3. The highest BCUT2D eigenvalue weighted by Crippen LogP contribution is 2.32. The molecule has 0 aliphatic carbocycles. The molecule has 4 rings (SSSR count). The van der Waals surface area contributed by atoms with Gasteiger partial charge < -0.3 is 19.6 Å². The summed E-state index contributed by atoms with van der Waals surface area (Å²) in [5.74, 6) is 1.65. The number of para-hydroxylation sites is 1. The number of H-pyrrole nitrogens is 1. The van der Waals surface area contributed by atoms with Crippen LogP contribution in [0.1, 0.15) is 11.1 Å². The number of hydrogen-bond acceptors (Lipinski definition) is 4. The quantitative estimate of drug-likeness (QED) is 0.729. The van der Waals surface area contributed by atoms with E-state index in [-0.39, 0.29) is 12.7 Å². The predicted molar refractivity (Wildman–Crippen MR) is 83.8 cm³/mol. The summed E-state index contributed by atoms with van der Waals surface area (Å²) in [4.78, 5) is 7.36. The molecule has 5 nitrogen and oxygen atoms in total. The smallest absolute Gasteiger partial charge is 0.231 e. The van der Waals surface area contributed by atoms with Gasteiger partial charge in [-0.05, 0) is 23.8 Å². The number of nitrogens with zero attached hydrogens (tertiary/aromatic N) is 1. The van der Waals surface area contributed by atoms with Crippen LogP contribution in [0.3, 0.4) is 0 Å². The fraction of sp³-hybridized carbons (Fsp3) is 0.118. The number of nitrogens with one attached hydrogen (secondary N) is 1. The van der Waals surface area contributed by atoms with Crippen LogP contribution in [-0.2, 0) is 6.54 Å². The summed E-state index contributed by atoms with van der Waals surface area (Å²) in [5.41, 5.74) is 2.63. The van der Waals surface area contributed by atoms with Crippen LogP contribution in [0.25, 0.3) is 10.9 Å². The fourth-order valence-corrected chi connectivity index (χ4v) is 2.56. The SMILES string of the molecule is Oc1[nH]c2ccccc2c1C=NCc1ccc2c(c1)OCO2. The Labute approximate surface area is 126 Å². The molecule has 0 amide bonds. The first-order valence-electron chi connectivity index (χ1n) is 6.99. The summed E-state index contributed by atoms with van der Waals surface area (Å²) in [6.07, 6.45) is 1.69. The van der Waals surface area contributed by atoms with Crippen molar-refractivity contribution in [1.82, 2.24) is 4.98 Å². The fourth-order valence-electron chi connectivity index (χ4n) is 2.56. The van der Waals surface area contributed by atoms with Crippen molar-refractivity contribution in [3.05, 3.63) is 53.6 Å². The third-order valence-corrected chi connectivity index (χ3v) is 3.66. The first-order valence-corrected chi connectivity index (χ1v) is 6.99. The van der Waals surface area contributed by atoms with Gasteiger partial charge in [0, 0.05) is 17.1 Å². The molecule has 0 atom stereocenters. The van der Waals surface area contributed by atoms with Crippen LogP contribution in [-0.4, -0.2) is 23.1 Å². The predicted octanol–water partition coefficient (Wildman–Crippen LogP) is 3.22. The first kappa shape index (κ1) is 12.8. The highest BCUT2D eigenvalue weighted by molar-refractivity contribution is 6.01. The summed E-state index contributed by atoms with van der Waals surface area (Å²) in [5, 5.41) is 10.9. The Balaban J connectivity index is 1.58. The average molecular weight is 294 g/mol. The molecule has 1 aliphatic rings. The lowest BCUT2D eigenvalue weighted by atomic mass is 10.2. The van der Waals surface area contributed by atoms with Crippen LogP contribution in [0.4, 0.5) is 0 Å². The maximum absolute atomic E-state index is 9.98. The molecule has 0 saturated carbocycles. The van der Waals surface area contributed by atoms with Gasteiger partial charge >= 0.3 is 0 Å². The van der Waals surface area contributed by atoms with E-state index < -0.39 is 0 Å². The molecule has 110 valence electrons. The summed E-state index contributed by atoms with van der Waals surface area (Å²) in [7, 11) is 0. The van der Waals surface area contributed by atoms with Gasteiger partial charge in [0.1, 0.15) is 0 Å². The number of aromatic nitrogens is 1. The van der Waals surface area contributed by atoms with Gasteiger partial charge in [-0.3, -0.25) is 4.99 Å². The Morgan fingerprint density at radius 3 is 2.95 bits per heavy atom. The van der Waals surface area contributed by atoms with E-state index in [1.807, 2.05) is 42.5 Å². The number of aliphatic imine (C=N–C) groups is 1. The van der Waals surface area contributed by atoms with E-state index in [2.05, 4.69) is 9.98 Å². The number of aromatic hydroxyl groups is 1. The van der Waals surface area contributed by atoms with Crippen molar-refractivity contribution in [1.29, 1.82) is 0 Å². The van der Waals surface area contributed by atoms with Crippen molar-refractivity contribution in [2.45, 2.75) is 6.54 Å². The minimum atomic E-state index is 0.135. The molecule has 22 heavy (non-hydrogen) atoms. The Morgan fingerprint density at radius 1 is 1.14 bits per heavy atom. The number of aromatic amines is 1. The van der Waals surface area contributed by atoms with Gasteiger partial charge in [0.05, 0.1) is 12.1 Å². The van der Waals surface area contributed by atoms with Gasteiger partial charge in [0.25, 0.3) is 0 Å². The van der Waals surface area contributed by atoms with E-state index in [0.29, 0.717) is 12.1 Å². The monoisotopic (exact) mass is 294 g/mol. The molecule has 2 aromatic carbocycles. The van der Waals surface area contributed by atoms with Gasteiger partial charge in [-0.15, -0.1) is 0 Å². The third kappa shape index (κ3) is 2.16. The first-order chi connectivity index (χ1) is 10.8. The zero-order valence-electron chi connectivity index (χ0n) is 11.7. The highest BCUT2D eigenvalue weighted by atomic mass is 16.7. The molecule has 0 bridgehead atoms. The Hall–Kier alpha value is -2.95. The second-order valence-corrected chi connectivity index (χ2v) is 5.09. The van der Waals surface area contributed by atoms with Gasteiger partial charge in [-0.2, -0.15) is 0 Å². The Morgan fingerprint density at radius 2 is 2.00 bits per heavy atom. The molecular weight excluding hydrogens is 280 g/mol. The van der Waals surface area contributed by atoms with Gasteiger partial charge in [0.15, 0.2) is 17.4 Å². The largest absolute Gasteiger partial charge is 0.494 e. The third-order valence-electron chi connectivity index (χ3n) is 3.66. The molecule has 0 spiro atoms. The van der Waals surface area contributed by atoms with Crippen molar-refractivity contribution in [3.8, 4) is 17.4 Å². The van der Waals surface area contributed by atoms with E-state index in [9.17, 15) is 5.11 Å². The number of benzene rings is 2. The molecule has 3 aromatic rings. The molecule has 0 radical (unpaired) electrons. The van der Waals surface area contributed by atoms with Gasteiger partial charge in [-0.25, -0.2) is 0 Å². The van der Waals surface area contributed by atoms with Crippen molar-refractivity contribution in [3.63, 3.8) is 0 Å². The van der Waals surface area contributed by atoms with Crippen LogP contribution < -0.4 is 9.47 Å². The minimum absolute atomic E-state index is 0.135. The van der Waals surface area contributed by atoms with E-state index in [4.69, 9.17) is 9.47 Å².